The molecular weight excluding hydrogens is 406 g/mol. The van der Waals surface area contributed by atoms with Crippen LogP contribution in [0, 0.1) is 17.8 Å². The van der Waals surface area contributed by atoms with Crippen molar-refractivity contribution in [1.82, 2.24) is 10.3 Å². The van der Waals surface area contributed by atoms with Crippen molar-refractivity contribution in [1.29, 1.82) is 0 Å². The van der Waals surface area contributed by atoms with Crippen LogP contribution in [0.4, 0.5) is 5.82 Å². The largest absolute Gasteiger partial charge is 0.497 e. The van der Waals surface area contributed by atoms with Crippen LogP contribution in [0.5, 0.6) is 5.75 Å². The molecule has 2 N–H and O–H groups in total. The molecule has 6 unspecified atom stereocenters. The standard InChI is InChI=1S/C25H35N3O4/c1-6-26-24-16(9-15-10-17(30-3)7-8-21(15)28-24)11-20-19-13-23(32-5)22(31-4)12-18(19)14(2)27-25(20)29/h7-10,14,18-20,22-23H,6,11-13H2,1-5H3,(H,26,28)(H,27,29). The van der Waals surface area contributed by atoms with Gasteiger partial charge in [0.2, 0.25) is 5.91 Å². The fourth-order valence-corrected chi connectivity index (χ4v) is 5.64. The zero-order valence-corrected chi connectivity index (χ0v) is 19.7. The van der Waals surface area contributed by atoms with Crippen LogP contribution in [0.2, 0.25) is 0 Å². The first-order chi connectivity index (χ1) is 15.5. The second-order valence-corrected chi connectivity index (χ2v) is 9.04. The van der Waals surface area contributed by atoms with Gasteiger partial charge < -0.3 is 24.8 Å². The Labute approximate surface area is 190 Å². The molecule has 7 heteroatoms. The molecule has 1 saturated heterocycles. The van der Waals surface area contributed by atoms with Crippen LogP contribution < -0.4 is 15.4 Å². The van der Waals surface area contributed by atoms with Crippen LogP contribution in [0.1, 0.15) is 32.3 Å². The van der Waals surface area contributed by atoms with Crippen molar-refractivity contribution in [3.05, 3.63) is 29.8 Å². The van der Waals surface area contributed by atoms with E-state index in [0.717, 1.165) is 47.4 Å². The minimum Gasteiger partial charge on any atom is -0.497 e. The second-order valence-electron chi connectivity index (χ2n) is 9.04. The van der Waals surface area contributed by atoms with Crippen molar-refractivity contribution in [2.75, 3.05) is 33.2 Å². The lowest BCUT2D eigenvalue weighted by Crippen LogP contribution is -2.58. The summed E-state index contributed by atoms with van der Waals surface area (Å²) in [5, 5.41) is 7.65. The third-order valence-electron chi connectivity index (χ3n) is 7.33. The van der Waals surface area contributed by atoms with Crippen molar-refractivity contribution >= 4 is 22.6 Å². The summed E-state index contributed by atoms with van der Waals surface area (Å²) in [6.07, 6.45) is 2.43. The summed E-state index contributed by atoms with van der Waals surface area (Å²) >= 11 is 0. The van der Waals surface area contributed by atoms with Gasteiger partial charge in [0.15, 0.2) is 0 Å². The van der Waals surface area contributed by atoms with Crippen molar-refractivity contribution in [3.63, 3.8) is 0 Å². The van der Waals surface area contributed by atoms with Crippen molar-refractivity contribution in [2.24, 2.45) is 17.8 Å². The van der Waals surface area contributed by atoms with E-state index < -0.39 is 0 Å². The normalized spacial score (nSPS) is 30.0. The average Bonchev–Trinajstić information content (AvgIpc) is 2.80. The molecule has 1 saturated carbocycles. The number of fused-ring (bicyclic) bond motifs is 2. The molecule has 2 heterocycles. The van der Waals surface area contributed by atoms with E-state index in [1.54, 1.807) is 21.3 Å². The topological polar surface area (TPSA) is 81.7 Å². The Balaban J connectivity index is 1.69. The zero-order valence-electron chi connectivity index (χ0n) is 19.7. The van der Waals surface area contributed by atoms with E-state index in [-0.39, 0.29) is 36.0 Å². The molecule has 1 aliphatic carbocycles. The van der Waals surface area contributed by atoms with Crippen LogP contribution in [0.15, 0.2) is 24.3 Å². The Morgan fingerprint density at radius 2 is 1.81 bits per heavy atom. The number of methoxy groups -OCH3 is 3. The van der Waals surface area contributed by atoms with Gasteiger partial charge in [-0.3, -0.25) is 4.79 Å². The molecule has 1 aromatic heterocycles. The predicted molar refractivity (Wildman–Crippen MR) is 125 cm³/mol. The number of piperidine rings is 1. The van der Waals surface area contributed by atoms with E-state index in [9.17, 15) is 4.79 Å². The van der Waals surface area contributed by atoms with Crippen LogP contribution in [0.3, 0.4) is 0 Å². The highest BCUT2D eigenvalue weighted by molar-refractivity contribution is 5.84. The summed E-state index contributed by atoms with van der Waals surface area (Å²) in [7, 11) is 5.15. The number of amides is 1. The Hall–Kier alpha value is -2.38. The number of nitrogens with zero attached hydrogens (tertiary/aromatic N) is 1. The maximum atomic E-state index is 13.2. The first-order valence-corrected chi connectivity index (χ1v) is 11.6. The molecule has 174 valence electrons. The van der Waals surface area contributed by atoms with Gasteiger partial charge in [0.25, 0.3) is 0 Å². The highest BCUT2D eigenvalue weighted by Gasteiger charge is 2.48. The first kappa shape index (κ1) is 22.8. The number of hydrogen-bond donors (Lipinski definition) is 2. The van der Waals surface area contributed by atoms with Gasteiger partial charge in [-0.15, -0.1) is 0 Å². The predicted octanol–water partition coefficient (Wildman–Crippen LogP) is 3.41. The van der Waals surface area contributed by atoms with Gasteiger partial charge in [-0.25, -0.2) is 4.98 Å². The van der Waals surface area contributed by atoms with Crippen molar-refractivity contribution in [3.8, 4) is 5.75 Å². The molecule has 1 aromatic carbocycles. The van der Waals surface area contributed by atoms with E-state index >= 15 is 0 Å². The van der Waals surface area contributed by atoms with Crippen molar-refractivity contribution < 1.29 is 19.0 Å². The summed E-state index contributed by atoms with van der Waals surface area (Å²) in [5.74, 6) is 2.25. The number of rotatable bonds is 7. The second kappa shape index (κ2) is 9.63. The third kappa shape index (κ3) is 4.28. The molecule has 2 aromatic rings. The number of ether oxygens (including phenoxy) is 3. The van der Waals surface area contributed by atoms with Gasteiger partial charge in [0.1, 0.15) is 11.6 Å². The van der Waals surface area contributed by atoms with Crippen LogP contribution in [-0.4, -0.2) is 57.0 Å². The Morgan fingerprint density at radius 1 is 1.09 bits per heavy atom. The number of pyridine rings is 1. The summed E-state index contributed by atoms with van der Waals surface area (Å²) in [6, 6.07) is 8.17. The highest BCUT2D eigenvalue weighted by Crippen LogP contribution is 2.43. The van der Waals surface area contributed by atoms with E-state index in [0.29, 0.717) is 12.3 Å². The van der Waals surface area contributed by atoms with Gasteiger partial charge >= 0.3 is 0 Å². The molecule has 7 nitrogen and oxygen atoms in total. The first-order valence-electron chi connectivity index (χ1n) is 11.6. The van der Waals surface area contributed by atoms with Gasteiger partial charge in [0, 0.05) is 38.1 Å². The van der Waals surface area contributed by atoms with Crippen LogP contribution in [0.25, 0.3) is 10.9 Å². The minimum atomic E-state index is -0.131. The molecule has 6 atom stereocenters. The fourth-order valence-electron chi connectivity index (χ4n) is 5.64. The maximum absolute atomic E-state index is 13.2. The van der Waals surface area contributed by atoms with Gasteiger partial charge in [0.05, 0.1) is 24.8 Å². The molecule has 2 fully saturated rings. The Kier molecular flexibility index (Phi) is 6.86. The average molecular weight is 442 g/mol. The lowest BCUT2D eigenvalue weighted by atomic mass is 9.64. The lowest BCUT2D eigenvalue weighted by molar-refractivity contribution is -0.143. The number of carbonyl (C=O) groups excluding carboxylic acids is 1. The summed E-state index contributed by atoms with van der Waals surface area (Å²) in [6.45, 7) is 4.94. The number of benzene rings is 1. The van der Waals surface area contributed by atoms with Gasteiger partial charge in [-0.05, 0) is 74.8 Å². The molecule has 32 heavy (non-hydrogen) atoms. The third-order valence-corrected chi connectivity index (χ3v) is 7.33. The summed E-state index contributed by atoms with van der Waals surface area (Å²) in [5.41, 5.74) is 1.97. The van der Waals surface area contributed by atoms with Crippen LogP contribution >= 0.6 is 0 Å². The van der Waals surface area contributed by atoms with Crippen LogP contribution in [-0.2, 0) is 20.7 Å². The number of nitrogens with one attached hydrogen (secondary N) is 2. The summed E-state index contributed by atoms with van der Waals surface area (Å²) in [4.78, 5) is 18.1. The van der Waals surface area contributed by atoms with E-state index in [2.05, 4.69) is 30.5 Å². The summed E-state index contributed by atoms with van der Waals surface area (Å²) < 4.78 is 16.9. The molecule has 2 aliphatic rings. The smallest absolute Gasteiger partial charge is 0.223 e. The van der Waals surface area contributed by atoms with Gasteiger partial charge in [-0.2, -0.15) is 0 Å². The monoisotopic (exact) mass is 441 g/mol. The Morgan fingerprint density at radius 3 is 2.47 bits per heavy atom. The van der Waals surface area contributed by atoms with E-state index in [1.165, 1.54) is 0 Å². The highest BCUT2D eigenvalue weighted by atomic mass is 16.5. The quantitative estimate of drug-likeness (QED) is 0.685. The molecule has 0 bridgehead atoms. The molecule has 0 spiro atoms. The zero-order chi connectivity index (χ0) is 22.8. The van der Waals surface area contributed by atoms with E-state index in [1.807, 2.05) is 18.2 Å². The molecule has 1 aliphatic heterocycles. The lowest BCUT2D eigenvalue weighted by Gasteiger charge is -2.48. The molecule has 1 amide bonds. The maximum Gasteiger partial charge on any atom is 0.223 e. The number of anilines is 1. The number of hydrogen-bond acceptors (Lipinski definition) is 6. The molecule has 0 radical (unpaired) electrons. The van der Waals surface area contributed by atoms with Gasteiger partial charge in [-0.1, -0.05) is 0 Å². The number of carbonyl (C=O) groups is 1. The number of aromatic nitrogens is 1. The minimum absolute atomic E-state index is 0.00840. The fraction of sp³-hybridized carbons (Fsp3) is 0.600. The van der Waals surface area contributed by atoms with Crippen molar-refractivity contribution in [2.45, 2.75) is 51.4 Å². The molecule has 4 rings (SSSR count). The van der Waals surface area contributed by atoms with E-state index in [4.69, 9.17) is 19.2 Å². The SMILES string of the molecule is CCNc1nc2ccc(OC)cc2cc1CC1C(=O)NC(C)C2CC(OC)C(OC)CC12. The Bertz CT molecular complexity index is 966. The molecular formula is C25H35N3O4.